The summed E-state index contributed by atoms with van der Waals surface area (Å²) in [6, 6.07) is 16.7. The average Bonchev–Trinajstić information content (AvgIpc) is 3.06. The molecule has 0 spiro atoms. The van der Waals surface area contributed by atoms with Gasteiger partial charge in [-0.05, 0) is 61.0 Å². The number of carbonyl (C=O) groups excluding carboxylic acids is 1. The molecule has 0 unspecified atom stereocenters. The van der Waals surface area contributed by atoms with E-state index in [1.165, 1.54) is 0 Å². The first-order chi connectivity index (χ1) is 11.1. The van der Waals surface area contributed by atoms with Gasteiger partial charge in [0.15, 0.2) is 0 Å². The van der Waals surface area contributed by atoms with Gasteiger partial charge in [0.2, 0.25) is 0 Å². The molecule has 2 amide bonds. The highest BCUT2D eigenvalue weighted by atomic mass is 16.2. The van der Waals surface area contributed by atoms with Crippen molar-refractivity contribution < 1.29 is 4.79 Å². The molecule has 5 heteroatoms. The van der Waals surface area contributed by atoms with Crippen LogP contribution in [0.2, 0.25) is 0 Å². The summed E-state index contributed by atoms with van der Waals surface area (Å²) in [7, 11) is 0. The van der Waals surface area contributed by atoms with E-state index in [1.54, 1.807) is 6.07 Å². The van der Waals surface area contributed by atoms with E-state index >= 15 is 0 Å². The van der Waals surface area contributed by atoms with Crippen LogP contribution < -0.4 is 16.4 Å². The molecule has 1 aromatic heterocycles. The predicted octanol–water partition coefficient (Wildman–Crippen LogP) is 4.01. The van der Waals surface area contributed by atoms with Crippen LogP contribution in [0.3, 0.4) is 0 Å². The Balaban J connectivity index is 1.67. The summed E-state index contributed by atoms with van der Waals surface area (Å²) in [4.78, 5) is 12.1. The molecule has 0 atom stereocenters. The molecule has 5 nitrogen and oxygen atoms in total. The number of nitrogens with zero attached hydrogens (tertiary/aromatic N) is 1. The molecular weight excluding hydrogens is 288 g/mol. The molecule has 2 aromatic carbocycles. The van der Waals surface area contributed by atoms with Gasteiger partial charge in [0.05, 0.1) is 11.4 Å². The second-order valence-electron chi connectivity index (χ2n) is 5.31. The minimum absolute atomic E-state index is 0.323. The van der Waals surface area contributed by atoms with Crippen LogP contribution >= 0.6 is 0 Å². The lowest BCUT2D eigenvalue weighted by atomic mass is 10.2. The Hall–Kier alpha value is -3.21. The van der Waals surface area contributed by atoms with Gasteiger partial charge >= 0.3 is 6.03 Å². The van der Waals surface area contributed by atoms with Crippen molar-refractivity contribution in [2.24, 2.45) is 0 Å². The molecule has 3 rings (SSSR count). The SMILES string of the molecule is Cc1ccc(N)c(NC(=O)Nc2ccc(-n3cccc3)cc2)c1. The quantitative estimate of drug-likeness (QED) is 0.640. The van der Waals surface area contributed by atoms with Crippen LogP contribution in [0.4, 0.5) is 21.9 Å². The number of amides is 2. The minimum atomic E-state index is -0.323. The number of aryl methyl sites for hydroxylation is 1. The smallest absolute Gasteiger partial charge is 0.323 e. The molecule has 0 bridgehead atoms. The van der Waals surface area contributed by atoms with Crippen LogP contribution in [0.5, 0.6) is 0 Å². The molecule has 0 saturated carbocycles. The third kappa shape index (κ3) is 3.52. The van der Waals surface area contributed by atoms with Crippen molar-refractivity contribution in [1.29, 1.82) is 0 Å². The van der Waals surface area contributed by atoms with Crippen LogP contribution in [-0.4, -0.2) is 10.6 Å². The number of nitrogens with two attached hydrogens (primary N) is 1. The number of urea groups is 1. The second-order valence-corrected chi connectivity index (χ2v) is 5.31. The molecule has 116 valence electrons. The maximum atomic E-state index is 12.1. The number of hydrogen-bond acceptors (Lipinski definition) is 2. The number of hydrogen-bond donors (Lipinski definition) is 3. The van der Waals surface area contributed by atoms with Crippen molar-refractivity contribution in [3.05, 3.63) is 72.6 Å². The molecular formula is C18H18N4O. The summed E-state index contributed by atoms with van der Waals surface area (Å²) in [5.74, 6) is 0. The number of anilines is 3. The Kier molecular flexibility index (Phi) is 4.01. The fraction of sp³-hybridized carbons (Fsp3) is 0.0556. The van der Waals surface area contributed by atoms with Gasteiger partial charge in [-0.3, -0.25) is 0 Å². The van der Waals surface area contributed by atoms with Gasteiger partial charge < -0.3 is 20.9 Å². The standard InChI is InChI=1S/C18H18N4O/c1-13-4-9-16(19)17(12-13)21-18(23)20-14-5-7-15(8-6-14)22-10-2-3-11-22/h2-12H,19H2,1H3,(H2,20,21,23). The summed E-state index contributed by atoms with van der Waals surface area (Å²) in [6.45, 7) is 1.95. The monoisotopic (exact) mass is 306 g/mol. The molecule has 0 aliphatic heterocycles. The van der Waals surface area contributed by atoms with E-state index in [2.05, 4.69) is 10.6 Å². The van der Waals surface area contributed by atoms with E-state index in [0.29, 0.717) is 17.1 Å². The first kappa shape index (κ1) is 14.7. The second kappa shape index (κ2) is 6.27. The van der Waals surface area contributed by atoms with Gasteiger partial charge in [0.25, 0.3) is 0 Å². The van der Waals surface area contributed by atoms with Gasteiger partial charge in [-0.15, -0.1) is 0 Å². The molecule has 0 fully saturated rings. The Morgan fingerprint density at radius 3 is 2.39 bits per heavy atom. The third-order valence-corrected chi connectivity index (χ3v) is 3.48. The Morgan fingerprint density at radius 2 is 1.70 bits per heavy atom. The lowest BCUT2D eigenvalue weighted by Gasteiger charge is -2.11. The predicted molar refractivity (Wildman–Crippen MR) is 94.0 cm³/mol. The number of nitrogen functional groups attached to an aromatic ring is 1. The number of benzene rings is 2. The largest absolute Gasteiger partial charge is 0.397 e. The lowest BCUT2D eigenvalue weighted by molar-refractivity contribution is 0.262. The summed E-state index contributed by atoms with van der Waals surface area (Å²) in [5, 5.41) is 5.56. The zero-order valence-corrected chi connectivity index (χ0v) is 12.8. The van der Waals surface area contributed by atoms with Gasteiger partial charge in [0, 0.05) is 23.8 Å². The van der Waals surface area contributed by atoms with Crippen molar-refractivity contribution in [2.45, 2.75) is 6.92 Å². The zero-order chi connectivity index (χ0) is 16.2. The van der Waals surface area contributed by atoms with Crippen molar-refractivity contribution in [3.63, 3.8) is 0 Å². The van der Waals surface area contributed by atoms with E-state index in [0.717, 1.165) is 11.3 Å². The first-order valence-electron chi connectivity index (χ1n) is 7.29. The highest BCUT2D eigenvalue weighted by Gasteiger charge is 2.06. The molecule has 0 saturated heterocycles. The Labute approximate surface area is 134 Å². The van der Waals surface area contributed by atoms with Gasteiger partial charge in [-0.1, -0.05) is 6.07 Å². The van der Waals surface area contributed by atoms with Crippen LogP contribution in [0.15, 0.2) is 67.0 Å². The van der Waals surface area contributed by atoms with Gasteiger partial charge in [0.1, 0.15) is 0 Å². The highest BCUT2D eigenvalue weighted by molar-refractivity contribution is 6.01. The number of carbonyl (C=O) groups is 1. The van der Waals surface area contributed by atoms with E-state index in [1.807, 2.05) is 72.4 Å². The minimum Gasteiger partial charge on any atom is -0.397 e. The average molecular weight is 306 g/mol. The van der Waals surface area contributed by atoms with Crippen LogP contribution in [-0.2, 0) is 0 Å². The third-order valence-electron chi connectivity index (χ3n) is 3.48. The summed E-state index contributed by atoms with van der Waals surface area (Å²) >= 11 is 0. The summed E-state index contributed by atoms with van der Waals surface area (Å²) < 4.78 is 2.00. The number of aromatic nitrogens is 1. The molecule has 0 aliphatic rings. The first-order valence-corrected chi connectivity index (χ1v) is 7.29. The van der Waals surface area contributed by atoms with Crippen molar-refractivity contribution in [2.75, 3.05) is 16.4 Å². The number of rotatable bonds is 3. The van der Waals surface area contributed by atoms with Crippen LogP contribution in [0.1, 0.15) is 5.56 Å². The van der Waals surface area contributed by atoms with E-state index < -0.39 is 0 Å². The summed E-state index contributed by atoms with van der Waals surface area (Å²) in [5.41, 5.74) is 9.78. The van der Waals surface area contributed by atoms with Gasteiger partial charge in [-0.25, -0.2) is 4.79 Å². The molecule has 23 heavy (non-hydrogen) atoms. The molecule has 3 aromatic rings. The van der Waals surface area contributed by atoms with Crippen molar-refractivity contribution in [1.82, 2.24) is 4.57 Å². The lowest BCUT2D eigenvalue weighted by Crippen LogP contribution is -2.20. The maximum Gasteiger partial charge on any atom is 0.323 e. The molecule has 4 N–H and O–H groups in total. The van der Waals surface area contributed by atoms with Crippen molar-refractivity contribution >= 4 is 23.1 Å². The van der Waals surface area contributed by atoms with E-state index in [4.69, 9.17) is 5.73 Å². The molecule has 0 aliphatic carbocycles. The fourth-order valence-electron chi connectivity index (χ4n) is 2.29. The zero-order valence-electron chi connectivity index (χ0n) is 12.8. The van der Waals surface area contributed by atoms with E-state index in [9.17, 15) is 4.79 Å². The Morgan fingerprint density at radius 1 is 1.00 bits per heavy atom. The fourth-order valence-corrected chi connectivity index (χ4v) is 2.29. The molecule has 1 heterocycles. The van der Waals surface area contributed by atoms with Crippen LogP contribution in [0.25, 0.3) is 5.69 Å². The van der Waals surface area contributed by atoms with Crippen molar-refractivity contribution in [3.8, 4) is 5.69 Å². The van der Waals surface area contributed by atoms with Crippen LogP contribution in [0, 0.1) is 6.92 Å². The van der Waals surface area contributed by atoms with E-state index in [-0.39, 0.29) is 6.03 Å². The normalized spacial score (nSPS) is 10.3. The number of nitrogens with one attached hydrogen (secondary N) is 2. The van der Waals surface area contributed by atoms with Gasteiger partial charge in [-0.2, -0.15) is 0 Å². The Bertz CT molecular complexity index is 808. The molecule has 0 radical (unpaired) electrons. The highest BCUT2D eigenvalue weighted by Crippen LogP contribution is 2.20. The summed E-state index contributed by atoms with van der Waals surface area (Å²) in [6.07, 6.45) is 3.94. The topological polar surface area (TPSA) is 72.1 Å². The maximum absolute atomic E-state index is 12.1.